The van der Waals surface area contributed by atoms with Crippen LogP contribution >= 0.6 is 0 Å². The van der Waals surface area contributed by atoms with Crippen molar-refractivity contribution in [2.24, 2.45) is 0 Å². The molecule has 0 fully saturated rings. The van der Waals surface area contributed by atoms with Crippen LogP contribution in [0.15, 0.2) is 0 Å². The molecule has 0 aliphatic rings. The summed E-state index contributed by atoms with van der Waals surface area (Å²) in [6.45, 7) is 17.0. The Labute approximate surface area is 111 Å². The van der Waals surface area contributed by atoms with E-state index in [-0.39, 0.29) is 0 Å². The lowest BCUT2D eigenvalue weighted by atomic mass is 10.5. The van der Waals surface area contributed by atoms with Gasteiger partial charge >= 0.3 is 8.56 Å². The molecule has 0 saturated heterocycles. The molecule has 0 bridgehead atoms. The highest BCUT2D eigenvalue weighted by atomic mass is 28.5. The third-order valence-electron chi connectivity index (χ3n) is 2.07. The van der Waals surface area contributed by atoms with Crippen molar-refractivity contribution in [1.29, 1.82) is 0 Å². The predicted molar refractivity (Wildman–Crippen MR) is 80.5 cm³/mol. The topological polar surface area (TPSA) is 27.7 Å². The average molecular weight is 294 g/mol. The molecule has 0 aromatic rings. The fourth-order valence-corrected chi connectivity index (χ4v) is 12.6. The maximum absolute atomic E-state index is 6.34. The molecule has 103 valence electrons. The molecule has 0 aliphatic heterocycles. The lowest BCUT2D eigenvalue weighted by molar-refractivity contribution is 0.146. The molecule has 0 saturated carbocycles. The van der Waals surface area contributed by atoms with Crippen molar-refractivity contribution in [2.75, 3.05) is 13.2 Å². The third kappa shape index (κ3) is 10.2. The number of ether oxygens (including phenoxy) is 1. The van der Waals surface area contributed by atoms with Crippen LogP contribution in [0.1, 0.15) is 13.3 Å². The summed E-state index contributed by atoms with van der Waals surface area (Å²) in [5.74, 6) is 0. The van der Waals surface area contributed by atoms with Crippen LogP contribution in [0.2, 0.25) is 45.3 Å². The highest BCUT2D eigenvalue weighted by Gasteiger charge is 2.36. The largest absolute Gasteiger partial charge is 0.437 e. The van der Waals surface area contributed by atoms with E-state index < -0.39 is 25.9 Å². The summed E-state index contributed by atoms with van der Waals surface area (Å²) >= 11 is 0. The van der Waals surface area contributed by atoms with E-state index in [2.05, 4.69) is 39.3 Å². The summed E-state index contributed by atoms with van der Waals surface area (Å²) in [5.41, 5.74) is 0. The molecule has 0 spiro atoms. The molecular weight excluding hydrogens is 264 g/mol. The van der Waals surface area contributed by atoms with Crippen molar-refractivity contribution in [2.45, 2.75) is 58.7 Å². The lowest BCUT2D eigenvalue weighted by Gasteiger charge is -2.35. The summed E-state index contributed by atoms with van der Waals surface area (Å²) < 4.78 is 17.9. The fraction of sp³-hybridized carbons (Fsp3) is 1.00. The van der Waals surface area contributed by atoms with E-state index in [1.807, 2.05) is 6.92 Å². The van der Waals surface area contributed by atoms with Gasteiger partial charge in [-0.25, -0.2) is 0 Å². The van der Waals surface area contributed by atoms with Crippen molar-refractivity contribution in [3.8, 4) is 0 Å². The molecule has 0 aromatic carbocycles. The van der Waals surface area contributed by atoms with Gasteiger partial charge in [0.2, 0.25) is 0 Å². The molecule has 0 heterocycles. The number of hydrogen-bond acceptors (Lipinski definition) is 3. The normalized spacial score (nSPS) is 16.2. The molecule has 1 radical (unpaired) electrons. The van der Waals surface area contributed by atoms with E-state index in [4.69, 9.17) is 13.0 Å². The van der Waals surface area contributed by atoms with Crippen LogP contribution < -0.4 is 0 Å². The average Bonchev–Trinajstić information content (AvgIpc) is 2.07. The number of rotatable bonds is 9. The Kier molecular flexibility index (Phi) is 8.10. The summed E-state index contributed by atoms with van der Waals surface area (Å²) in [7, 11) is -4.17. The van der Waals surface area contributed by atoms with Crippen LogP contribution in [0.25, 0.3) is 0 Å². The van der Waals surface area contributed by atoms with Gasteiger partial charge in [0.15, 0.2) is 17.4 Å². The smallest absolute Gasteiger partial charge is 0.314 e. The zero-order valence-corrected chi connectivity index (χ0v) is 15.6. The second-order valence-corrected chi connectivity index (χ2v) is 16.1. The Bertz CT molecular complexity index is 207. The van der Waals surface area contributed by atoms with E-state index in [0.29, 0.717) is 0 Å². The van der Waals surface area contributed by atoms with Gasteiger partial charge in [-0.1, -0.05) is 0 Å². The zero-order valence-electron chi connectivity index (χ0n) is 12.6. The number of hydrogen-bond donors (Lipinski definition) is 0. The molecule has 6 heteroatoms. The van der Waals surface area contributed by atoms with Gasteiger partial charge in [-0.15, -0.1) is 0 Å². The molecule has 17 heavy (non-hydrogen) atoms. The van der Waals surface area contributed by atoms with Gasteiger partial charge in [-0.05, 0) is 58.7 Å². The molecule has 0 aliphatic carbocycles. The molecule has 0 aromatic heterocycles. The van der Waals surface area contributed by atoms with Crippen molar-refractivity contribution in [1.82, 2.24) is 0 Å². The summed E-state index contributed by atoms with van der Waals surface area (Å²) in [5, 5.41) is 0. The minimum atomic E-state index is -1.97. The quantitative estimate of drug-likeness (QED) is 0.480. The Morgan fingerprint density at radius 3 is 2.06 bits per heavy atom. The molecule has 0 N–H and O–H groups in total. The first-order valence-electron chi connectivity index (χ1n) is 6.45. The van der Waals surface area contributed by atoms with E-state index in [0.717, 1.165) is 25.7 Å². The Hall–Kier alpha value is 0.531. The molecule has 1 unspecified atom stereocenters. The molecular formula is C11H29O3Si3. The van der Waals surface area contributed by atoms with E-state index in [1.165, 1.54) is 0 Å². The van der Waals surface area contributed by atoms with Gasteiger partial charge in [-0.3, -0.25) is 0 Å². The van der Waals surface area contributed by atoms with Gasteiger partial charge in [0, 0.05) is 13.2 Å². The lowest BCUT2D eigenvalue weighted by Crippen LogP contribution is -2.49. The van der Waals surface area contributed by atoms with E-state index in [1.54, 1.807) is 0 Å². The minimum absolute atomic E-state index is 0.687. The maximum atomic E-state index is 6.34. The summed E-state index contributed by atoms with van der Waals surface area (Å²) in [6, 6.07) is 1.05. The van der Waals surface area contributed by atoms with Crippen LogP contribution in [-0.4, -0.2) is 39.1 Å². The van der Waals surface area contributed by atoms with Gasteiger partial charge in [-0.2, -0.15) is 0 Å². The van der Waals surface area contributed by atoms with Crippen molar-refractivity contribution >= 4 is 25.9 Å². The Balaban J connectivity index is 4.29. The van der Waals surface area contributed by atoms with E-state index in [9.17, 15) is 0 Å². The monoisotopic (exact) mass is 293 g/mol. The fourth-order valence-electron chi connectivity index (χ4n) is 1.84. The molecule has 0 amide bonds. The van der Waals surface area contributed by atoms with Gasteiger partial charge in [0.1, 0.15) is 0 Å². The van der Waals surface area contributed by atoms with Gasteiger partial charge in [0.25, 0.3) is 0 Å². The first kappa shape index (κ1) is 17.5. The Morgan fingerprint density at radius 1 is 1.06 bits per heavy atom. The zero-order chi connectivity index (χ0) is 13.5. The van der Waals surface area contributed by atoms with Crippen LogP contribution in [0, 0.1) is 0 Å². The first-order chi connectivity index (χ1) is 7.68. The van der Waals surface area contributed by atoms with Crippen molar-refractivity contribution < 1.29 is 13.0 Å². The summed E-state index contributed by atoms with van der Waals surface area (Å²) in [6.07, 6.45) is 1.05. The second-order valence-electron chi connectivity index (χ2n) is 5.66. The highest BCUT2D eigenvalue weighted by molar-refractivity contribution is 6.84. The first-order valence-corrected chi connectivity index (χ1v) is 14.8. The standard InChI is InChI=1S/C11H29O3Si3/c1-8-12-10-9-11-17(7,13-15(2)3)14-16(4,5)6/h8-11H2,1-7H3. The van der Waals surface area contributed by atoms with Crippen molar-refractivity contribution in [3.05, 3.63) is 0 Å². The van der Waals surface area contributed by atoms with Gasteiger partial charge < -0.3 is 13.0 Å². The minimum Gasteiger partial charge on any atom is -0.437 e. The van der Waals surface area contributed by atoms with Crippen LogP contribution in [-0.2, 0) is 13.0 Å². The second kappa shape index (κ2) is 7.85. The predicted octanol–water partition coefficient (Wildman–Crippen LogP) is 3.60. The molecule has 0 rings (SSSR count). The van der Waals surface area contributed by atoms with Crippen LogP contribution in [0.5, 0.6) is 0 Å². The Morgan fingerprint density at radius 2 is 1.65 bits per heavy atom. The SMILES string of the molecule is CCOCCC[Si](C)(O[Si](C)C)O[Si](C)(C)C. The summed E-state index contributed by atoms with van der Waals surface area (Å²) in [4.78, 5) is 0. The van der Waals surface area contributed by atoms with Gasteiger partial charge in [0.05, 0.1) is 0 Å². The highest BCUT2D eigenvalue weighted by Crippen LogP contribution is 2.22. The molecule has 3 nitrogen and oxygen atoms in total. The van der Waals surface area contributed by atoms with Crippen molar-refractivity contribution in [3.63, 3.8) is 0 Å². The van der Waals surface area contributed by atoms with Crippen LogP contribution in [0.4, 0.5) is 0 Å². The van der Waals surface area contributed by atoms with Crippen LogP contribution in [0.3, 0.4) is 0 Å². The third-order valence-corrected chi connectivity index (χ3v) is 10.9. The van der Waals surface area contributed by atoms with E-state index >= 15 is 0 Å². The maximum Gasteiger partial charge on any atom is 0.314 e. The molecule has 1 atom stereocenters.